The monoisotopic (exact) mass is 423 g/mol. The van der Waals surface area contributed by atoms with Crippen LogP contribution in [0.3, 0.4) is 0 Å². The molecule has 0 aliphatic carbocycles. The van der Waals surface area contributed by atoms with E-state index in [0.717, 1.165) is 12.0 Å². The van der Waals surface area contributed by atoms with Crippen LogP contribution in [-0.2, 0) is 16.0 Å². The number of ether oxygens (including phenoxy) is 2. The van der Waals surface area contributed by atoms with Crippen LogP contribution in [-0.4, -0.2) is 64.8 Å². The van der Waals surface area contributed by atoms with E-state index in [9.17, 15) is 15.3 Å². The largest absolute Gasteiger partial charge is 0.508 e. The van der Waals surface area contributed by atoms with E-state index in [1.54, 1.807) is 14.2 Å². The number of nitrogens with one attached hydrogen (secondary N) is 1. The smallest absolute Gasteiger partial charge is 0.414 e. The highest BCUT2D eigenvalue weighted by Crippen LogP contribution is 2.28. The van der Waals surface area contributed by atoms with E-state index < -0.39 is 18.0 Å². The minimum atomic E-state index is -1.82. The van der Waals surface area contributed by atoms with Gasteiger partial charge in [0.25, 0.3) is 0 Å². The minimum absolute atomic E-state index is 0.0372. The molecule has 10 nitrogen and oxygen atoms in total. The Hall–Kier alpha value is -3.50. The van der Waals surface area contributed by atoms with E-state index in [1.165, 1.54) is 18.2 Å². The second-order valence-corrected chi connectivity index (χ2v) is 6.01. The SMILES string of the molecule is COc1ccc(CCNCC(O)c2ccc(O)cc2O)cc1OC.O=C(O)C(=O)O. The third-order valence-corrected chi connectivity index (χ3v) is 3.93. The van der Waals surface area contributed by atoms with Crippen LogP contribution in [0, 0.1) is 0 Å². The number of hydrogen-bond donors (Lipinski definition) is 6. The van der Waals surface area contributed by atoms with Crippen LogP contribution >= 0.6 is 0 Å². The Morgan fingerprint density at radius 1 is 0.967 bits per heavy atom. The number of phenols is 2. The summed E-state index contributed by atoms with van der Waals surface area (Å²) in [5, 5.41) is 47.0. The third kappa shape index (κ3) is 7.86. The average molecular weight is 423 g/mol. The van der Waals surface area contributed by atoms with Gasteiger partial charge in [-0.3, -0.25) is 0 Å². The maximum Gasteiger partial charge on any atom is 0.414 e. The Labute approximate surface area is 172 Å². The number of aliphatic hydroxyl groups is 1. The number of carbonyl (C=O) groups is 2. The number of carboxylic acids is 2. The maximum absolute atomic E-state index is 10.1. The fraction of sp³-hybridized carbons (Fsp3) is 0.300. The number of carboxylic acid groups (broad SMARTS) is 2. The number of benzene rings is 2. The van der Waals surface area contributed by atoms with Crippen molar-refractivity contribution >= 4 is 11.9 Å². The zero-order chi connectivity index (χ0) is 22.7. The first kappa shape index (κ1) is 24.5. The molecule has 0 spiro atoms. The lowest BCUT2D eigenvalue weighted by molar-refractivity contribution is -0.159. The number of aromatic hydroxyl groups is 2. The molecule has 0 saturated carbocycles. The standard InChI is InChI=1S/C18H23NO5.C2H2O4/c1-23-17-6-3-12(9-18(17)24-2)7-8-19-11-16(22)14-5-4-13(20)10-15(14)21;3-1(4)2(5)6/h3-6,9-10,16,19-22H,7-8,11H2,1-2H3;(H,3,4)(H,5,6). The van der Waals surface area contributed by atoms with E-state index in [0.29, 0.717) is 30.2 Å². The van der Waals surface area contributed by atoms with Crippen LogP contribution < -0.4 is 14.8 Å². The van der Waals surface area contributed by atoms with E-state index in [1.807, 2.05) is 18.2 Å². The summed E-state index contributed by atoms with van der Waals surface area (Å²) in [4.78, 5) is 18.2. The summed E-state index contributed by atoms with van der Waals surface area (Å²) in [6.07, 6.45) is -0.0924. The molecule has 0 saturated heterocycles. The van der Waals surface area contributed by atoms with Crippen LogP contribution in [0.25, 0.3) is 0 Å². The Morgan fingerprint density at radius 2 is 1.60 bits per heavy atom. The summed E-state index contributed by atoms with van der Waals surface area (Å²) in [5.74, 6) is -2.43. The van der Waals surface area contributed by atoms with Gasteiger partial charge < -0.3 is 40.3 Å². The van der Waals surface area contributed by atoms with Gasteiger partial charge in [-0.05, 0) is 42.8 Å². The molecule has 10 heteroatoms. The normalized spacial score (nSPS) is 11.0. The highest BCUT2D eigenvalue weighted by molar-refractivity contribution is 6.27. The molecular weight excluding hydrogens is 398 g/mol. The summed E-state index contributed by atoms with van der Waals surface area (Å²) in [6, 6.07) is 9.89. The molecule has 0 aliphatic heterocycles. The molecule has 2 rings (SSSR count). The van der Waals surface area contributed by atoms with Crippen molar-refractivity contribution in [3.8, 4) is 23.0 Å². The van der Waals surface area contributed by atoms with E-state index in [-0.39, 0.29) is 11.5 Å². The highest BCUT2D eigenvalue weighted by Gasteiger charge is 2.12. The first-order chi connectivity index (χ1) is 14.2. The fourth-order valence-corrected chi connectivity index (χ4v) is 2.43. The molecule has 164 valence electrons. The third-order valence-electron chi connectivity index (χ3n) is 3.93. The highest BCUT2D eigenvalue weighted by atomic mass is 16.5. The zero-order valence-electron chi connectivity index (χ0n) is 16.5. The first-order valence-electron chi connectivity index (χ1n) is 8.77. The minimum Gasteiger partial charge on any atom is -0.508 e. The van der Waals surface area contributed by atoms with Crippen LogP contribution in [0.1, 0.15) is 17.2 Å². The predicted octanol–water partition coefficient (Wildman–Crippen LogP) is 1.14. The van der Waals surface area contributed by atoms with Gasteiger partial charge in [-0.15, -0.1) is 0 Å². The van der Waals surface area contributed by atoms with Crippen molar-refractivity contribution in [3.05, 3.63) is 47.5 Å². The quantitative estimate of drug-likeness (QED) is 0.268. The average Bonchev–Trinajstić information content (AvgIpc) is 2.71. The van der Waals surface area contributed by atoms with E-state index >= 15 is 0 Å². The molecule has 0 fully saturated rings. The lowest BCUT2D eigenvalue weighted by atomic mass is 10.1. The van der Waals surface area contributed by atoms with Crippen molar-refractivity contribution in [1.82, 2.24) is 5.32 Å². The number of aliphatic hydroxyl groups excluding tert-OH is 1. The predicted molar refractivity (Wildman–Crippen MR) is 106 cm³/mol. The first-order valence-corrected chi connectivity index (χ1v) is 8.77. The number of methoxy groups -OCH3 is 2. The summed E-state index contributed by atoms with van der Waals surface area (Å²) in [5.41, 5.74) is 1.47. The van der Waals surface area contributed by atoms with Gasteiger partial charge in [-0.2, -0.15) is 0 Å². The van der Waals surface area contributed by atoms with E-state index in [4.69, 9.17) is 29.3 Å². The second kappa shape index (κ2) is 12.1. The molecule has 0 amide bonds. The van der Waals surface area contributed by atoms with E-state index in [2.05, 4.69) is 5.32 Å². The van der Waals surface area contributed by atoms with Gasteiger partial charge in [0.1, 0.15) is 11.5 Å². The van der Waals surface area contributed by atoms with Crippen LogP contribution in [0.4, 0.5) is 0 Å². The van der Waals surface area contributed by atoms with Crippen LogP contribution in [0.5, 0.6) is 23.0 Å². The molecule has 2 aromatic rings. The zero-order valence-corrected chi connectivity index (χ0v) is 16.5. The van der Waals surface area contributed by atoms with Gasteiger partial charge in [0.05, 0.1) is 20.3 Å². The van der Waals surface area contributed by atoms with Gasteiger partial charge in [0.2, 0.25) is 0 Å². The van der Waals surface area contributed by atoms with Crippen molar-refractivity contribution in [1.29, 1.82) is 0 Å². The lowest BCUT2D eigenvalue weighted by Gasteiger charge is -2.14. The molecule has 1 atom stereocenters. The van der Waals surface area contributed by atoms with Gasteiger partial charge in [0, 0.05) is 18.2 Å². The van der Waals surface area contributed by atoms with Gasteiger partial charge in [-0.1, -0.05) is 6.07 Å². The molecule has 30 heavy (non-hydrogen) atoms. The number of phenolic OH excluding ortho intramolecular Hbond substituents is 2. The number of rotatable bonds is 8. The van der Waals surface area contributed by atoms with Crippen LogP contribution in [0.2, 0.25) is 0 Å². The molecule has 0 bridgehead atoms. The van der Waals surface area contributed by atoms with Gasteiger partial charge in [-0.25, -0.2) is 9.59 Å². The van der Waals surface area contributed by atoms with Gasteiger partial charge >= 0.3 is 11.9 Å². The molecule has 0 aliphatic rings. The molecule has 6 N–H and O–H groups in total. The lowest BCUT2D eigenvalue weighted by Crippen LogP contribution is -2.23. The summed E-state index contributed by atoms with van der Waals surface area (Å²) < 4.78 is 10.5. The number of aliphatic carboxylic acids is 2. The topological polar surface area (TPSA) is 166 Å². The Morgan fingerprint density at radius 3 is 2.13 bits per heavy atom. The Bertz CT molecular complexity index is 842. The van der Waals surface area contributed by atoms with Crippen molar-refractivity contribution in [2.24, 2.45) is 0 Å². The summed E-state index contributed by atoms with van der Waals surface area (Å²) in [6.45, 7) is 0.955. The second-order valence-electron chi connectivity index (χ2n) is 6.01. The molecule has 0 aromatic heterocycles. The summed E-state index contributed by atoms with van der Waals surface area (Å²) in [7, 11) is 3.19. The molecular formula is C20H25NO9. The van der Waals surface area contributed by atoms with Crippen molar-refractivity contribution in [2.45, 2.75) is 12.5 Å². The number of hydrogen-bond acceptors (Lipinski definition) is 8. The Kier molecular flexibility index (Phi) is 9.93. The van der Waals surface area contributed by atoms with Gasteiger partial charge in [0.15, 0.2) is 11.5 Å². The van der Waals surface area contributed by atoms with Crippen LogP contribution in [0.15, 0.2) is 36.4 Å². The Balaban J connectivity index is 0.000000656. The molecule has 1 unspecified atom stereocenters. The molecule has 2 aromatic carbocycles. The maximum atomic E-state index is 10.1. The van der Waals surface area contributed by atoms with Crippen molar-refractivity contribution < 1.29 is 44.6 Å². The fourth-order valence-electron chi connectivity index (χ4n) is 2.43. The molecule has 0 heterocycles. The molecule has 0 radical (unpaired) electrons. The summed E-state index contributed by atoms with van der Waals surface area (Å²) >= 11 is 0. The van der Waals surface area contributed by atoms with Crippen molar-refractivity contribution in [2.75, 3.05) is 27.3 Å². The van der Waals surface area contributed by atoms with Crippen molar-refractivity contribution in [3.63, 3.8) is 0 Å².